The van der Waals surface area contributed by atoms with Gasteiger partial charge in [0.15, 0.2) is 11.5 Å². The number of carbonyl (C=O) groups excluding carboxylic acids is 1. The second kappa shape index (κ2) is 9.34. The van der Waals surface area contributed by atoms with Gasteiger partial charge < -0.3 is 19.4 Å². The van der Waals surface area contributed by atoms with E-state index in [1.54, 1.807) is 31.5 Å². The van der Waals surface area contributed by atoms with E-state index in [0.717, 1.165) is 30.1 Å². The molecular weight excluding hydrogens is 458 g/mol. The Morgan fingerprint density at radius 3 is 2.78 bits per heavy atom. The molecule has 1 unspecified atom stereocenters. The summed E-state index contributed by atoms with van der Waals surface area (Å²) in [6.45, 7) is 9.54. The minimum absolute atomic E-state index is 0.0497. The molecule has 0 amide bonds. The van der Waals surface area contributed by atoms with Crippen LogP contribution >= 0.6 is 0 Å². The number of aryl methyl sites for hydroxylation is 1. The first-order chi connectivity index (χ1) is 17.2. The Morgan fingerprint density at radius 1 is 1.22 bits per heavy atom. The summed E-state index contributed by atoms with van der Waals surface area (Å²) in [7, 11) is 1.92. The van der Waals surface area contributed by atoms with E-state index in [0.29, 0.717) is 35.4 Å². The summed E-state index contributed by atoms with van der Waals surface area (Å²) >= 11 is 0. The fourth-order valence-electron chi connectivity index (χ4n) is 4.35. The largest absolute Gasteiger partial charge is 0.456 e. The normalized spacial score (nSPS) is 16.0. The number of pyridine rings is 2. The highest BCUT2D eigenvalue weighted by Gasteiger charge is 2.28. The highest BCUT2D eigenvalue weighted by Crippen LogP contribution is 2.32. The van der Waals surface area contributed by atoms with Crippen molar-refractivity contribution in [2.75, 3.05) is 18.5 Å². The molecule has 5 rings (SSSR count). The molecule has 1 atom stereocenters. The number of ketones is 1. The number of aromatic nitrogens is 6. The second-order valence-electron chi connectivity index (χ2n) is 10.2. The lowest BCUT2D eigenvalue weighted by molar-refractivity contribution is -0.116. The summed E-state index contributed by atoms with van der Waals surface area (Å²) in [4.78, 5) is 24.8. The number of nitrogens with one attached hydrogen (secondary N) is 1. The molecule has 188 valence electrons. The molecular formula is C26H31N7O3. The summed E-state index contributed by atoms with van der Waals surface area (Å²) in [5.74, 6) is 2.58. The Hall–Kier alpha value is -3.79. The van der Waals surface area contributed by atoms with Crippen molar-refractivity contribution in [2.45, 2.75) is 52.0 Å². The van der Waals surface area contributed by atoms with Gasteiger partial charge in [0.05, 0.1) is 30.1 Å². The lowest BCUT2D eigenvalue weighted by Crippen LogP contribution is -2.22. The highest BCUT2D eigenvalue weighted by molar-refractivity contribution is 5.78. The van der Waals surface area contributed by atoms with Crippen LogP contribution in [-0.4, -0.2) is 48.3 Å². The third kappa shape index (κ3) is 4.94. The first-order valence-electron chi connectivity index (χ1n) is 12.1. The van der Waals surface area contributed by atoms with E-state index in [9.17, 15) is 4.79 Å². The van der Waals surface area contributed by atoms with E-state index in [1.807, 2.05) is 17.7 Å². The van der Waals surface area contributed by atoms with Gasteiger partial charge in [-0.1, -0.05) is 20.8 Å². The van der Waals surface area contributed by atoms with Crippen LogP contribution in [0.25, 0.3) is 11.2 Å². The molecule has 0 aromatic carbocycles. The number of rotatable bonds is 7. The van der Waals surface area contributed by atoms with Crippen LogP contribution in [0.15, 0.2) is 36.7 Å². The molecule has 4 aromatic rings. The van der Waals surface area contributed by atoms with Gasteiger partial charge >= 0.3 is 0 Å². The number of hydrogen-bond acceptors (Lipinski definition) is 8. The van der Waals surface area contributed by atoms with E-state index >= 15 is 0 Å². The Bertz CT molecular complexity index is 1410. The van der Waals surface area contributed by atoms with Crippen LogP contribution in [0.4, 0.5) is 11.8 Å². The van der Waals surface area contributed by atoms with E-state index < -0.39 is 0 Å². The molecule has 10 nitrogen and oxygen atoms in total. The van der Waals surface area contributed by atoms with Gasteiger partial charge in [-0.2, -0.15) is 10.1 Å². The van der Waals surface area contributed by atoms with Crippen molar-refractivity contribution >= 4 is 28.7 Å². The number of nitrogens with zero attached hydrogens (tertiary/aromatic N) is 6. The van der Waals surface area contributed by atoms with Crippen molar-refractivity contribution in [3.05, 3.63) is 48.0 Å². The Kier molecular flexibility index (Phi) is 6.21. The molecule has 36 heavy (non-hydrogen) atoms. The SMILES string of the molecule is CC(=O)Cc1cc(Oc2cnc3nc(Nc4cc(C(C)(C)C)n(C5CCOC5)n4)n(C)c3c2)ccn1. The van der Waals surface area contributed by atoms with E-state index in [4.69, 9.17) is 14.6 Å². The monoisotopic (exact) mass is 489 g/mol. The quantitative estimate of drug-likeness (QED) is 0.405. The van der Waals surface area contributed by atoms with E-state index in [2.05, 4.69) is 51.8 Å². The molecule has 1 aliphatic heterocycles. The predicted octanol–water partition coefficient (Wildman–Crippen LogP) is 4.49. The maximum Gasteiger partial charge on any atom is 0.210 e. The Morgan fingerprint density at radius 2 is 2.06 bits per heavy atom. The van der Waals surface area contributed by atoms with Gasteiger partial charge in [-0.15, -0.1) is 0 Å². The highest BCUT2D eigenvalue weighted by atomic mass is 16.5. The summed E-state index contributed by atoms with van der Waals surface area (Å²) in [6, 6.07) is 7.73. The van der Waals surface area contributed by atoms with Crippen LogP contribution in [0.5, 0.6) is 11.5 Å². The minimum atomic E-state index is -0.0626. The topological polar surface area (TPSA) is 109 Å². The van der Waals surface area contributed by atoms with Crippen LogP contribution in [0.3, 0.4) is 0 Å². The van der Waals surface area contributed by atoms with Crippen molar-refractivity contribution in [3.8, 4) is 11.5 Å². The lowest BCUT2D eigenvalue weighted by Gasteiger charge is -2.22. The van der Waals surface area contributed by atoms with Crippen LogP contribution in [0.1, 0.15) is 51.5 Å². The van der Waals surface area contributed by atoms with Gasteiger partial charge in [-0.3, -0.25) is 14.5 Å². The van der Waals surface area contributed by atoms with Crippen LogP contribution < -0.4 is 10.1 Å². The third-order valence-electron chi connectivity index (χ3n) is 6.16. The van der Waals surface area contributed by atoms with Gasteiger partial charge in [0, 0.05) is 55.6 Å². The standard InChI is InChI=1S/C26H31N7O3/c1-16(34)10-17-11-19(6-8-27-17)36-20-12-21-24(28-14-20)30-25(32(21)5)29-23-13-22(26(2,3)4)33(31-23)18-7-9-35-15-18/h6,8,11-14,18H,7,9-10,15H2,1-5H3,(H,28,29,30,31). The summed E-state index contributed by atoms with van der Waals surface area (Å²) in [5, 5.41) is 8.24. The lowest BCUT2D eigenvalue weighted by atomic mass is 9.91. The van der Waals surface area contributed by atoms with E-state index in [-0.39, 0.29) is 23.7 Å². The summed E-state index contributed by atoms with van der Waals surface area (Å²) in [5.41, 5.74) is 3.16. The molecule has 0 radical (unpaired) electrons. The molecule has 1 N–H and O–H groups in total. The van der Waals surface area contributed by atoms with Crippen LogP contribution in [-0.2, 0) is 28.4 Å². The Labute approximate surface area is 209 Å². The van der Waals surface area contributed by atoms with Crippen molar-refractivity contribution in [1.82, 2.24) is 29.3 Å². The van der Waals surface area contributed by atoms with Crippen molar-refractivity contribution in [1.29, 1.82) is 0 Å². The van der Waals surface area contributed by atoms with Gasteiger partial charge in [-0.05, 0) is 19.4 Å². The predicted molar refractivity (Wildman–Crippen MR) is 136 cm³/mol. The average molecular weight is 490 g/mol. The fourth-order valence-corrected chi connectivity index (χ4v) is 4.35. The molecule has 1 saturated heterocycles. The van der Waals surface area contributed by atoms with Gasteiger partial charge in [0.25, 0.3) is 0 Å². The van der Waals surface area contributed by atoms with Crippen molar-refractivity contribution < 1.29 is 14.3 Å². The van der Waals surface area contributed by atoms with E-state index in [1.165, 1.54) is 0 Å². The number of carbonyl (C=O) groups is 1. The first kappa shape index (κ1) is 23.9. The van der Waals surface area contributed by atoms with Crippen LogP contribution in [0, 0.1) is 0 Å². The minimum Gasteiger partial charge on any atom is -0.456 e. The molecule has 5 heterocycles. The fraction of sp³-hybridized carbons (Fsp3) is 0.423. The number of imidazole rings is 1. The average Bonchev–Trinajstić information content (AvgIpc) is 3.54. The molecule has 10 heteroatoms. The number of ether oxygens (including phenoxy) is 2. The van der Waals surface area contributed by atoms with Gasteiger partial charge in [0.1, 0.15) is 17.3 Å². The van der Waals surface area contributed by atoms with Gasteiger partial charge in [-0.25, -0.2) is 4.98 Å². The number of fused-ring (bicyclic) bond motifs is 1. The number of anilines is 2. The maximum atomic E-state index is 11.4. The second-order valence-corrected chi connectivity index (χ2v) is 10.2. The summed E-state index contributed by atoms with van der Waals surface area (Å²) in [6.07, 6.45) is 4.49. The number of hydrogen-bond donors (Lipinski definition) is 1. The molecule has 0 saturated carbocycles. The summed E-state index contributed by atoms with van der Waals surface area (Å²) < 4.78 is 15.6. The first-order valence-corrected chi connectivity index (χ1v) is 12.1. The zero-order chi connectivity index (χ0) is 25.4. The smallest absolute Gasteiger partial charge is 0.210 e. The maximum absolute atomic E-state index is 11.4. The van der Waals surface area contributed by atoms with Crippen molar-refractivity contribution in [3.63, 3.8) is 0 Å². The molecule has 0 bridgehead atoms. The van der Waals surface area contributed by atoms with Crippen molar-refractivity contribution in [2.24, 2.45) is 7.05 Å². The zero-order valence-electron chi connectivity index (χ0n) is 21.3. The number of Topliss-reactive ketones (excluding diaryl/α,β-unsaturated/α-hetero) is 1. The molecule has 1 aliphatic rings. The third-order valence-corrected chi connectivity index (χ3v) is 6.16. The molecule has 1 fully saturated rings. The molecule has 0 spiro atoms. The zero-order valence-corrected chi connectivity index (χ0v) is 21.3. The van der Waals surface area contributed by atoms with Crippen LogP contribution in [0.2, 0.25) is 0 Å². The molecule has 4 aromatic heterocycles. The van der Waals surface area contributed by atoms with Gasteiger partial charge in [0.2, 0.25) is 5.95 Å². The molecule has 0 aliphatic carbocycles. The Balaban J connectivity index is 1.40.